The van der Waals surface area contributed by atoms with Crippen molar-refractivity contribution in [3.63, 3.8) is 0 Å². The first-order chi connectivity index (χ1) is 17.0. The fraction of sp³-hybridized carbons (Fsp3) is 0.519. The Morgan fingerprint density at radius 3 is 2.86 bits per heavy atom. The van der Waals surface area contributed by atoms with E-state index in [-0.39, 0.29) is 45.6 Å². The van der Waals surface area contributed by atoms with Crippen LogP contribution in [0.2, 0.25) is 0 Å². The third kappa shape index (κ3) is 4.75. The van der Waals surface area contributed by atoms with E-state index in [4.69, 9.17) is 9.47 Å². The van der Waals surface area contributed by atoms with Crippen molar-refractivity contribution in [3.05, 3.63) is 59.7 Å². The predicted octanol–water partition coefficient (Wildman–Crippen LogP) is 1.37. The Balaban J connectivity index is 1.45. The average Bonchev–Trinajstić information content (AvgIpc) is 2.89. The quantitative estimate of drug-likeness (QED) is 0.322. The molecule has 5 rings (SSSR count). The SMILES string of the molecule is COc1cccc2c1OCC[C@]21CN[I-]C[C@H]1C(=O)N1CCC(c2ccccc2)CC1CC(F)F. The van der Waals surface area contributed by atoms with Crippen LogP contribution in [0.1, 0.15) is 42.7 Å². The zero-order valence-electron chi connectivity index (χ0n) is 19.9. The summed E-state index contributed by atoms with van der Waals surface area (Å²) in [7, 11) is 1.62. The third-order valence-electron chi connectivity index (χ3n) is 7.92. The van der Waals surface area contributed by atoms with E-state index in [2.05, 4.69) is 15.7 Å². The van der Waals surface area contributed by atoms with Crippen LogP contribution in [0.4, 0.5) is 8.78 Å². The van der Waals surface area contributed by atoms with Crippen LogP contribution in [0.3, 0.4) is 0 Å². The Morgan fingerprint density at radius 1 is 1.26 bits per heavy atom. The summed E-state index contributed by atoms with van der Waals surface area (Å²) in [5, 5.41) is 0. The fourth-order valence-electron chi connectivity index (χ4n) is 6.10. The molecular weight excluding hydrogens is 565 g/mol. The van der Waals surface area contributed by atoms with Crippen LogP contribution in [0.25, 0.3) is 0 Å². The molecule has 2 saturated heterocycles. The number of para-hydroxylation sites is 1. The molecule has 8 heteroatoms. The molecule has 0 saturated carbocycles. The Kier molecular flexibility index (Phi) is 7.48. The summed E-state index contributed by atoms with van der Waals surface area (Å²) in [6.45, 7) is 1.74. The van der Waals surface area contributed by atoms with E-state index >= 15 is 0 Å². The molecular formula is C27H32F2IN2O3-. The van der Waals surface area contributed by atoms with Crippen molar-refractivity contribution in [1.82, 2.24) is 8.43 Å². The van der Waals surface area contributed by atoms with Gasteiger partial charge in [-0.3, -0.25) is 0 Å². The molecule has 3 aliphatic rings. The second kappa shape index (κ2) is 10.6. The number of alkyl halides is 3. The number of rotatable bonds is 5. The van der Waals surface area contributed by atoms with Gasteiger partial charge >= 0.3 is 217 Å². The molecule has 0 bridgehead atoms. The number of carbonyl (C=O) groups excluding carboxylic acids is 1. The van der Waals surface area contributed by atoms with E-state index in [1.165, 1.54) is 5.56 Å². The standard InChI is InChI=1S/C27H32F2IN2O3/c1-34-23-9-5-8-21-25(23)35-13-11-27(21)17-31-30-16-22(27)26(33)32-12-10-19(14-20(32)15-24(28)29)18-6-3-2-4-7-18/h2-9,19-20,22,24,31H,10-17H2,1H3/q-1/t19?,20?,22-,27-/m0/s1. The first-order valence-electron chi connectivity index (χ1n) is 12.3. The number of methoxy groups -OCH3 is 1. The number of hydrogen-bond donors (Lipinski definition) is 1. The van der Waals surface area contributed by atoms with E-state index in [1.54, 1.807) is 7.11 Å². The van der Waals surface area contributed by atoms with Gasteiger partial charge in [-0.1, -0.05) is 0 Å². The fourth-order valence-corrected chi connectivity index (χ4v) is 9.02. The zero-order chi connectivity index (χ0) is 24.4. The van der Waals surface area contributed by atoms with E-state index < -0.39 is 17.9 Å². The Labute approximate surface area is 216 Å². The maximum absolute atomic E-state index is 14.2. The van der Waals surface area contributed by atoms with Gasteiger partial charge in [0.05, 0.1) is 0 Å². The van der Waals surface area contributed by atoms with E-state index in [0.717, 1.165) is 22.8 Å². The maximum atomic E-state index is 14.2. The Bertz CT molecular complexity index is 1040. The summed E-state index contributed by atoms with van der Waals surface area (Å²) < 4.78 is 43.3. The van der Waals surface area contributed by atoms with Crippen molar-refractivity contribution in [1.29, 1.82) is 0 Å². The number of benzene rings is 2. The number of piperidine rings is 1. The molecule has 0 radical (unpaired) electrons. The molecule has 2 unspecified atom stereocenters. The van der Waals surface area contributed by atoms with Crippen LogP contribution >= 0.6 is 0 Å². The van der Waals surface area contributed by atoms with Gasteiger partial charge in [0.15, 0.2) is 0 Å². The molecule has 0 aromatic heterocycles. The minimum atomic E-state index is -2.44. The van der Waals surface area contributed by atoms with Crippen molar-refractivity contribution < 1.29 is 44.5 Å². The molecule has 1 N–H and O–H groups in total. The number of carbonyl (C=O) groups is 1. The zero-order valence-corrected chi connectivity index (χ0v) is 22.0. The molecule has 2 aromatic rings. The van der Waals surface area contributed by atoms with Gasteiger partial charge in [-0.05, 0) is 0 Å². The molecule has 190 valence electrons. The first kappa shape index (κ1) is 24.7. The Hall–Kier alpha value is -1.94. The van der Waals surface area contributed by atoms with Crippen molar-refractivity contribution in [2.75, 3.05) is 31.2 Å². The summed E-state index contributed by atoms with van der Waals surface area (Å²) in [6, 6.07) is 15.5. The third-order valence-corrected chi connectivity index (χ3v) is 10.2. The van der Waals surface area contributed by atoms with Crippen LogP contribution in [0.15, 0.2) is 48.5 Å². The summed E-state index contributed by atoms with van der Waals surface area (Å²) in [4.78, 5) is 16.0. The monoisotopic (exact) mass is 597 g/mol. The number of fused-ring (bicyclic) bond motifs is 2. The molecule has 1 spiro atoms. The van der Waals surface area contributed by atoms with Crippen LogP contribution < -0.4 is 34.5 Å². The van der Waals surface area contributed by atoms with Crippen molar-refractivity contribution >= 4 is 5.91 Å². The number of nitrogens with zero attached hydrogens (tertiary/aromatic N) is 1. The predicted molar refractivity (Wildman–Crippen MR) is 126 cm³/mol. The van der Waals surface area contributed by atoms with E-state index in [0.29, 0.717) is 37.6 Å². The molecule has 0 aliphatic carbocycles. The van der Waals surface area contributed by atoms with Gasteiger partial charge in [0.2, 0.25) is 0 Å². The number of likely N-dealkylation sites (tertiary alicyclic amines) is 1. The topological polar surface area (TPSA) is 50.8 Å². The second-order valence-corrected chi connectivity index (χ2v) is 12.1. The van der Waals surface area contributed by atoms with Gasteiger partial charge in [0, 0.05) is 0 Å². The molecule has 3 heterocycles. The molecule has 5 nitrogen and oxygen atoms in total. The normalized spacial score (nSPS) is 28.7. The summed E-state index contributed by atoms with van der Waals surface area (Å²) in [6.07, 6.45) is -0.598. The molecule has 2 fully saturated rings. The van der Waals surface area contributed by atoms with Gasteiger partial charge in [-0.15, -0.1) is 0 Å². The number of ether oxygens (including phenoxy) is 2. The van der Waals surface area contributed by atoms with Gasteiger partial charge in [0.1, 0.15) is 0 Å². The molecule has 1 amide bonds. The second-order valence-electron chi connectivity index (χ2n) is 9.69. The van der Waals surface area contributed by atoms with Crippen LogP contribution in [-0.2, 0) is 10.2 Å². The van der Waals surface area contributed by atoms with Crippen molar-refractivity contribution in [3.8, 4) is 11.5 Å². The van der Waals surface area contributed by atoms with Crippen molar-refractivity contribution in [2.24, 2.45) is 5.92 Å². The van der Waals surface area contributed by atoms with Crippen LogP contribution in [0, 0.1) is 5.92 Å². The number of amides is 1. The summed E-state index contributed by atoms with van der Waals surface area (Å²) in [5.41, 5.74) is 1.76. The van der Waals surface area contributed by atoms with Gasteiger partial charge in [-0.25, -0.2) is 0 Å². The van der Waals surface area contributed by atoms with Gasteiger partial charge in [-0.2, -0.15) is 0 Å². The first-order valence-corrected chi connectivity index (χ1v) is 14.9. The van der Waals surface area contributed by atoms with Gasteiger partial charge < -0.3 is 0 Å². The summed E-state index contributed by atoms with van der Waals surface area (Å²) >= 11 is -0.332. The van der Waals surface area contributed by atoms with Gasteiger partial charge in [0.25, 0.3) is 0 Å². The van der Waals surface area contributed by atoms with Crippen molar-refractivity contribution in [2.45, 2.75) is 49.5 Å². The molecule has 2 aromatic carbocycles. The van der Waals surface area contributed by atoms with Crippen LogP contribution in [-0.4, -0.2) is 54.5 Å². The average molecular weight is 597 g/mol. The number of nitrogens with one attached hydrogen (secondary N) is 1. The minimum absolute atomic E-state index is 0.0408. The number of hydrogen-bond acceptors (Lipinski definition) is 4. The van der Waals surface area contributed by atoms with Crippen LogP contribution in [0.5, 0.6) is 11.5 Å². The van der Waals surface area contributed by atoms with E-state index in [1.807, 2.05) is 41.3 Å². The Morgan fingerprint density at radius 2 is 2.09 bits per heavy atom. The molecule has 4 atom stereocenters. The molecule has 3 aliphatic heterocycles. The van der Waals surface area contributed by atoms with E-state index in [9.17, 15) is 13.6 Å². The number of halogens is 3. The summed E-state index contributed by atoms with van der Waals surface area (Å²) in [5.74, 6) is 1.39. The molecule has 35 heavy (non-hydrogen) atoms.